The van der Waals surface area contributed by atoms with Gasteiger partial charge in [-0.25, -0.2) is 0 Å². The molecule has 0 atom stereocenters. The molecule has 0 spiro atoms. The van der Waals surface area contributed by atoms with E-state index in [-0.39, 0.29) is 5.76 Å². The van der Waals surface area contributed by atoms with Crippen LogP contribution in [-0.4, -0.2) is 16.0 Å². The van der Waals surface area contributed by atoms with Crippen molar-refractivity contribution in [3.63, 3.8) is 0 Å². The smallest absolute Gasteiger partial charge is 0.125 e. The topological polar surface area (TPSA) is 52.8 Å². The van der Waals surface area contributed by atoms with Crippen LogP contribution in [0.15, 0.2) is 35.5 Å². The van der Waals surface area contributed by atoms with Crippen LogP contribution in [0.1, 0.15) is 56.6 Å². The van der Waals surface area contributed by atoms with Crippen LogP contribution in [0.4, 0.5) is 0 Å². The number of allylic oxidation sites excluding steroid dienone is 1. The van der Waals surface area contributed by atoms with E-state index in [0.29, 0.717) is 12.1 Å². The number of hydrogen-bond donors (Lipinski definition) is 2. The first kappa shape index (κ1) is 16.3. The van der Waals surface area contributed by atoms with E-state index in [4.69, 9.17) is 5.21 Å². The van der Waals surface area contributed by atoms with Crippen LogP contribution in [0.5, 0.6) is 0 Å². The summed E-state index contributed by atoms with van der Waals surface area (Å²) < 4.78 is 0. The van der Waals surface area contributed by atoms with Crippen molar-refractivity contribution in [3.05, 3.63) is 41.5 Å². The van der Waals surface area contributed by atoms with Crippen molar-refractivity contribution >= 4 is 11.5 Å². The minimum atomic E-state index is 0.157. The van der Waals surface area contributed by atoms with E-state index in [1.54, 1.807) is 6.08 Å². The highest BCUT2D eigenvalue weighted by Crippen LogP contribution is 2.17. The predicted molar refractivity (Wildman–Crippen MR) is 84.4 cm³/mol. The van der Waals surface area contributed by atoms with Crippen LogP contribution in [-0.2, 0) is 0 Å². The fraction of sp³-hybridized carbons (Fsp3) is 0.471. The molecular formula is C17H25NO2. The van der Waals surface area contributed by atoms with E-state index < -0.39 is 0 Å². The lowest BCUT2D eigenvalue weighted by Crippen LogP contribution is -1.97. The van der Waals surface area contributed by atoms with Crippen LogP contribution in [0.2, 0.25) is 0 Å². The summed E-state index contributed by atoms with van der Waals surface area (Å²) in [5.74, 6) is 0.157. The van der Waals surface area contributed by atoms with E-state index in [9.17, 15) is 5.11 Å². The van der Waals surface area contributed by atoms with Gasteiger partial charge in [0.1, 0.15) is 5.76 Å². The summed E-state index contributed by atoms with van der Waals surface area (Å²) >= 11 is 0. The number of rotatable bonds is 8. The summed E-state index contributed by atoms with van der Waals surface area (Å²) in [5, 5.41) is 22.4. The summed E-state index contributed by atoms with van der Waals surface area (Å²) in [4.78, 5) is 0. The highest BCUT2D eigenvalue weighted by atomic mass is 16.4. The highest BCUT2D eigenvalue weighted by Gasteiger charge is 2.05. The molecule has 20 heavy (non-hydrogen) atoms. The third-order valence-electron chi connectivity index (χ3n) is 3.39. The molecule has 0 aliphatic carbocycles. The molecule has 1 aromatic rings. The van der Waals surface area contributed by atoms with E-state index >= 15 is 0 Å². The van der Waals surface area contributed by atoms with Crippen LogP contribution in [0.3, 0.4) is 0 Å². The molecule has 0 aliphatic heterocycles. The maximum Gasteiger partial charge on any atom is 0.125 e. The number of benzene rings is 1. The Morgan fingerprint density at radius 3 is 2.50 bits per heavy atom. The normalized spacial score (nSPS) is 12.7. The summed E-state index contributed by atoms with van der Waals surface area (Å²) in [6.07, 6.45) is 8.04. The summed E-state index contributed by atoms with van der Waals surface area (Å²) in [7, 11) is 0. The minimum absolute atomic E-state index is 0.157. The Bertz CT molecular complexity index is 464. The van der Waals surface area contributed by atoms with Crippen LogP contribution >= 0.6 is 0 Å². The van der Waals surface area contributed by atoms with Gasteiger partial charge in [-0.15, -0.1) is 0 Å². The Labute approximate surface area is 121 Å². The Kier molecular flexibility index (Phi) is 7.48. The van der Waals surface area contributed by atoms with E-state index in [1.165, 1.54) is 19.3 Å². The Hall–Kier alpha value is -1.77. The number of aliphatic hydroxyl groups excluding tert-OH is 1. The molecule has 0 aromatic heterocycles. The molecule has 3 heteroatoms. The predicted octanol–water partition coefficient (Wildman–Crippen LogP) is 5.08. The fourth-order valence-electron chi connectivity index (χ4n) is 2.16. The summed E-state index contributed by atoms with van der Waals surface area (Å²) in [6.45, 7) is 4.13. The van der Waals surface area contributed by atoms with Crippen LogP contribution in [0.25, 0.3) is 5.76 Å². The maximum absolute atomic E-state index is 10.1. The monoisotopic (exact) mass is 275 g/mol. The van der Waals surface area contributed by atoms with Gasteiger partial charge in [0, 0.05) is 11.6 Å². The molecule has 0 aliphatic rings. The van der Waals surface area contributed by atoms with E-state index in [0.717, 1.165) is 24.0 Å². The first-order valence-corrected chi connectivity index (χ1v) is 7.36. The van der Waals surface area contributed by atoms with Crippen molar-refractivity contribution in [2.24, 2.45) is 5.16 Å². The van der Waals surface area contributed by atoms with Crippen molar-refractivity contribution in [1.29, 1.82) is 0 Å². The second kappa shape index (κ2) is 9.18. The SMILES string of the molecule is CCCCCCCC(/C=C(/O)c1ccccc1C)=N\O. The van der Waals surface area contributed by atoms with Crippen molar-refractivity contribution in [3.8, 4) is 0 Å². The summed E-state index contributed by atoms with van der Waals surface area (Å²) in [6, 6.07) is 7.62. The number of oxime groups is 1. The second-order valence-corrected chi connectivity index (χ2v) is 5.10. The van der Waals surface area contributed by atoms with Gasteiger partial charge >= 0.3 is 0 Å². The van der Waals surface area contributed by atoms with E-state index in [1.807, 2.05) is 31.2 Å². The van der Waals surface area contributed by atoms with Gasteiger partial charge in [0.25, 0.3) is 0 Å². The minimum Gasteiger partial charge on any atom is -0.507 e. The zero-order valence-corrected chi connectivity index (χ0v) is 12.5. The Balaban J connectivity index is 2.58. The molecule has 2 N–H and O–H groups in total. The van der Waals surface area contributed by atoms with Gasteiger partial charge in [0.15, 0.2) is 0 Å². The van der Waals surface area contributed by atoms with Gasteiger partial charge in [0.2, 0.25) is 0 Å². The Morgan fingerprint density at radius 2 is 1.85 bits per heavy atom. The molecule has 0 amide bonds. The lowest BCUT2D eigenvalue weighted by molar-refractivity contribution is 0.318. The average molecular weight is 275 g/mol. The van der Waals surface area contributed by atoms with Gasteiger partial charge in [-0.1, -0.05) is 62.0 Å². The highest BCUT2D eigenvalue weighted by molar-refractivity contribution is 5.99. The van der Waals surface area contributed by atoms with E-state index in [2.05, 4.69) is 12.1 Å². The molecule has 0 heterocycles. The molecule has 3 nitrogen and oxygen atoms in total. The summed E-state index contributed by atoms with van der Waals surface area (Å²) in [5.41, 5.74) is 2.31. The molecule has 0 radical (unpaired) electrons. The first-order chi connectivity index (χ1) is 9.69. The van der Waals surface area contributed by atoms with Gasteiger partial charge in [-0.3, -0.25) is 0 Å². The molecule has 1 rings (SSSR count). The number of nitrogens with zero attached hydrogens (tertiary/aromatic N) is 1. The molecule has 0 saturated heterocycles. The quantitative estimate of drug-likeness (QED) is 0.228. The lowest BCUT2D eigenvalue weighted by atomic mass is 10.0. The zero-order valence-electron chi connectivity index (χ0n) is 12.5. The van der Waals surface area contributed by atoms with Crippen LogP contribution in [0, 0.1) is 6.92 Å². The molecule has 1 aromatic carbocycles. The van der Waals surface area contributed by atoms with Gasteiger partial charge in [-0.2, -0.15) is 0 Å². The van der Waals surface area contributed by atoms with Crippen molar-refractivity contribution in [2.45, 2.75) is 52.4 Å². The van der Waals surface area contributed by atoms with Crippen LogP contribution < -0.4 is 0 Å². The first-order valence-electron chi connectivity index (χ1n) is 7.36. The van der Waals surface area contributed by atoms with Crippen molar-refractivity contribution < 1.29 is 10.3 Å². The molecule has 0 bridgehead atoms. The molecule has 0 unspecified atom stereocenters. The van der Waals surface area contributed by atoms with Gasteiger partial charge < -0.3 is 10.3 Å². The van der Waals surface area contributed by atoms with Gasteiger partial charge in [0.05, 0.1) is 5.71 Å². The largest absolute Gasteiger partial charge is 0.507 e. The average Bonchev–Trinajstić information content (AvgIpc) is 2.46. The molecule has 110 valence electrons. The molecular weight excluding hydrogens is 250 g/mol. The molecule has 0 saturated carbocycles. The van der Waals surface area contributed by atoms with Crippen molar-refractivity contribution in [1.82, 2.24) is 0 Å². The third-order valence-corrected chi connectivity index (χ3v) is 3.39. The standard InChI is InChI=1S/C17H25NO2/c1-3-4-5-6-7-11-15(18-20)13-17(19)16-12-9-8-10-14(16)2/h8-10,12-13,19-20H,3-7,11H2,1-2H3/b17-13+,18-15+. The number of unbranched alkanes of at least 4 members (excludes halogenated alkanes) is 4. The Morgan fingerprint density at radius 1 is 1.15 bits per heavy atom. The van der Waals surface area contributed by atoms with Crippen molar-refractivity contribution in [2.75, 3.05) is 0 Å². The third kappa shape index (κ3) is 5.47. The lowest BCUT2D eigenvalue weighted by Gasteiger charge is -2.05. The molecule has 0 fully saturated rings. The fourth-order valence-corrected chi connectivity index (χ4v) is 2.16. The maximum atomic E-state index is 10.1. The number of aliphatic hydroxyl groups is 1. The zero-order chi connectivity index (χ0) is 14.8. The second-order valence-electron chi connectivity index (χ2n) is 5.10. The number of aryl methyl sites for hydroxylation is 1. The number of hydrogen-bond acceptors (Lipinski definition) is 3. The van der Waals surface area contributed by atoms with Gasteiger partial charge in [-0.05, 0) is 25.3 Å².